The summed E-state index contributed by atoms with van der Waals surface area (Å²) in [7, 11) is 0. The number of halogens is 2. The molecule has 0 amide bonds. The van der Waals surface area contributed by atoms with Crippen LogP contribution in [0.5, 0.6) is 0 Å². The normalized spacial score (nSPS) is 27.3. The molecule has 0 aromatic heterocycles. The SMILES string of the molecule is CC1(S)C=C(Br)C=C(C(=O)O)C(F)=C1. The predicted molar refractivity (Wildman–Crippen MR) is 59.3 cm³/mol. The van der Waals surface area contributed by atoms with E-state index in [1.165, 1.54) is 6.08 Å². The molecule has 76 valence electrons. The molecule has 1 atom stereocenters. The number of allylic oxidation sites excluding steroid dienone is 2. The fraction of sp³-hybridized carbons (Fsp3) is 0.222. The summed E-state index contributed by atoms with van der Waals surface area (Å²) in [4.78, 5) is 10.7. The fourth-order valence-electron chi connectivity index (χ4n) is 1.07. The molecule has 0 spiro atoms. The molecule has 0 saturated heterocycles. The first-order chi connectivity index (χ1) is 6.32. The number of carbonyl (C=O) groups is 1. The monoisotopic (exact) mass is 278 g/mol. The third-order valence-corrected chi connectivity index (χ3v) is 2.34. The van der Waals surface area contributed by atoms with Crippen molar-refractivity contribution in [2.75, 3.05) is 0 Å². The van der Waals surface area contributed by atoms with Crippen LogP contribution in [0.15, 0.2) is 34.1 Å². The minimum Gasteiger partial charge on any atom is -0.478 e. The van der Waals surface area contributed by atoms with E-state index in [1.807, 2.05) is 0 Å². The van der Waals surface area contributed by atoms with Gasteiger partial charge in [0.15, 0.2) is 0 Å². The molecular weight excluding hydrogens is 271 g/mol. The molecule has 0 aliphatic heterocycles. The standard InChI is InChI=1S/C9H8BrFO2S/c1-9(14)3-5(10)2-6(8(12)13)7(11)4-9/h2-4,14H,1H3,(H,12,13). The van der Waals surface area contributed by atoms with Crippen molar-refractivity contribution in [3.8, 4) is 0 Å². The Morgan fingerprint density at radius 2 is 2.21 bits per heavy atom. The molecule has 1 aliphatic carbocycles. The Labute approximate surface area is 94.7 Å². The molecule has 14 heavy (non-hydrogen) atoms. The van der Waals surface area contributed by atoms with Crippen LogP contribution in [0.3, 0.4) is 0 Å². The lowest BCUT2D eigenvalue weighted by atomic mass is 10.1. The van der Waals surface area contributed by atoms with Crippen LogP contribution in [-0.4, -0.2) is 15.8 Å². The van der Waals surface area contributed by atoms with Gasteiger partial charge in [-0.2, -0.15) is 12.6 Å². The number of aliphatic carboxylic acids is 1. The summed E-state index contributed by atoms with van der Waals surface area (Å²) in [6, 6.07) is 0. The fourth-order valence-corrected chi connectivity index (χ4v) is 2.20. The summed E-state index contributed by atoms with van der Waals surface area (Å²) in [6.07, 6.45) is 3.99. The van der Waals surface area contributed by atoms with E-state index in [2.05, 4.69) is 28.6 Å². The second-order valence-electron chi connectivity index (χ2n) is 3.11. The summed E-state index contributed by atoms with van der Waals surface area (Å²) in [5.41, 5.74) is -0.370. The Morgan fingerprint density at radius 3 is 2.71 bits per heavy atom. The van der Waals surface area contributed by atoms with Gasteiger partial charge in [-0.25, -0.2) is 9.18 Å². The van der Waals surface area contributed by atoms with E-state index in [4.69, 9.17) is 5.11 Å². The van der Waals surface area contributed by atoms with E-state index in [-0.39, 0.29) is 5.57 Å². The first-order valence-corrected chi connectivity index (χ1v) is 5.00. The molecule has 5 heteroatoms. The highest BCUT2D eigenvalue weighted by molar-refractivity contribution is 9.11. The van der Waals surface area contributed by atoms with E-state index in [1.54, 1.807) is 13.0 Å². The lowest BCUT2D eigenvalue weighted by Crippen LogP contribution is -2.09. The van der Waals surface area contributed by atoms with Gasteiger partial charge in [-0.3, -0.25) is 0 Å². The summed E-state index contributed by atoms with van der Waals surface area (Å²) < 4.78 is 13.0. The number of carboxylic acid groups (broad SMARTS) is 1. The topological polar surface area (TPSA) is 37.3 Å². The van der Waals surface area contributed by atoms with E-state index in [0.29, 0.717) is 4.48 Å². The van der Waals surface area contributed by atoms with Crippen molar-refractivity contribution in [1.82, 2.24) is 0 Å². The quantitative estimate of drug-likeness (QED) is 0.724. The third-order valence-electron chi connectivity index (χ3n) is 1.62. The molecule has 1 N–H and O–H groups in total. The second-order valence-corrected chi connectivity index (χ2v) is 4.99. The molecule has 0 fully saturated rings. The van der Waals surface area contributed by atoms with E-state index < -0.39 is 16.5 Å². The molecule has 0 saturated carbocycles. The first kappa shape index (κ1) is 11.5. The van der Waals surface area contributed by atoms with Crippen molar-refractivity contribution in [2.45, 2.75) is 11.7 Å². The lowest BCUT2D eigenvalue weighted by Gasteiger charge is -2.12. The Hall–Kier alpha value is -0.550. The van der Waals surface area contributed by atoms with E-state index in [0.717, 1.165) is 6.08 Å². The lowest BCUT2D eigenvalue weighted by molar-refractivity contribution is -0.132. The van der Waals surface area contributed by atoms with E-state index >= 15 is 0 Å². The van der Waals surface area contributed by atoms with Crippen LogP contribution in [0.2, 0.25) is 0 Å². The van der Waals surface area contributed by atoms with Gasteiger partial charge < -0.3 is 5.11 Å². The molecule has 0 bridgehead atoms. The number of rotatable bonds is 1. The zero-order valence-electron chi connectivity index (χ0n) is 7.29. The Morgan fingerprint density at radius 1 is 1.64 bits per heavy atom. The van der Waals surface area contributed by atoms with Gasteiger partial charge >= 0.3 is 5.97 Å². The van der Waals surface area contributed by atoms with Crippen LogP contribution in [0.1, 0.15) is 6.92 Å². The maximum absolute atomic E-state index is 13.3. The minimum absolute atomic E-state index is 0.370. The number of thiol groups is 1. The largest absolute Gasteiger partial charge is 0.478 e. The summed E-state index contributed by atoms with van der Waals surface area (Å²) in [5, 5.41) is 8.70. The van der Waals surface area contributed by atoms with Crippen LogP contribution >= 0.6 is 28.6 Å². The van der Waals surface area contributed by atoms with Gasteiger partial charge in [-0.05, 0) is 19.1 Å². The maximum Gasteiger partial charge on any atom is 0.338 e. The molecule has 0 aromatic rings. The van der Waals surface area contributed by atoms with Gasteiger partial charge in [0.1, 0.15) is 5.83 Å². The highest BCUT2D eigenvalue weighted by Crippen LogP contribution is 2.31. The average molecular weight is 279 g/mol. The van der Waals surface area contributed by atoms with Crippen molar-refractivity contribution >= 4 is 34.5 Å². The molecule has 2 nitrogen and oxygen atoms in total. The zero-order chi connectivity index (χ0) is 10.9. The summed E-state index contributed by atoms with van der Waals surface area (Å²) in [6.45, 7) is 1.66. The molecule has 0 radical (unpaired) electrons. The van der Waals surface area contributed by atoms with Gasteiger partial charge in [0, 0.05) is 4.48 Å². The molecular formula is C9H8BrFO2S. The van der Waals surface area contributed by atoms with Gasteiger partial charge in [-0.15, -0.1) is 0 Å². The molecule has 1 aliphatic rings. The zero-order valence-corrected chi connectivity index (χ0v) is 9.77. The van der Waals surface area contributed by atoms with Crippen molar-refractivity contribution in [1.29, 1.82) is 0 Å². The van der Waals surface area contributed by atoms with Crippen LogP contribution < -0.4 is 0 Å². The first-order valence-electron chi connectivity index (χ1n) is 3.76. The van der Waals surface area contributed by atoms with Crippen molar-refractivity contribution in [3.05, 3.63) is 34.1 Å². The predicted octanol–water partition coefficient (Wildman–Crippen LogP) is 2.83. The molecule has 0 heterocycles. The highest BCUT2D eigenvalue weighted by Gasteiger charge is 2.23. The van der Waals surface area contributed by atoms with Crippen LogP contribution in [0.25, 0.3) is 0 Å². The van der Waals surface area contributed by atoms with Gasteiger partial charge in [0.05, 0.1) is 10.3 Å². The van der Waals surface area contributed by atoms with Gasteiger partial charge in [0.25, 0.3) is 0 Å². The van der Waals surface area contributed by atoms with Crippen LogP contribution in [0, 0.1) is 0 Å². The molecule has 1 unspecified atom stereocenters. The van der Waals surface area contributed by atoms with Crippen molar-refractivity contribution in [3.63, 3.8) is 0 Å². The number of hydrogen-bond donors (Lipinski definition) is 2. The van der Waals surface area contributed by atoms with Gasteiger partial charge in [-0.1, -0.05) is 22.0 Å². The Bertz CT molecular complexity index is 369. The van der Waals surface area contributed by atoms with E-state index in [9.17, 15) is 9.18 Å². The Kier molecular flexibility index (Phi) is 3.21. The summed E-state index contributed by atoms with van der Waals surface area (Å²) >= 11 is 7.29. The third kappa shape index (κ3) is 2.72. The Balaban J connectivity index is 3.25. The molecule has 0 aromatic carbocycles. The van der Waals surface area contributed by atoms with Crippen molar-refractivity contribution in [2.24, 2.45) is 0 Å². The number of carboxylic acids is 1. The van der Waals surface area contributed by atoms with Crippen molar-refractivity contribution < 1.29 is 14.3 Å². The maximum atomic E-state index is 13.3. The molecule has 1 rings (SSSR count). The second kappa shape index (κ2) is 3.90. The average Bonchev–Trinajstić information content (AvgIpc) is 2.05. The minimum atomic E-state index is -1.30. The van der Waals surface area contributed by atoms with Crippen LogP contribution in [0.4, 0.5) is 4.39 Å². The smallest absolute Gasteiger partial charge is 0.338 e. The van der Waals surface area contributed by atoms with Crippen LogP contribution in [-0.2, 0) is 4.79 Å². The summed E-state index contributed by atoms with van der Waals surface area (Å²) in [5.74, 6) is -2.07. The van der Waals surface area contributed by atoms with Gasteiger partial charge in [0.2, 0.25) is 0 Å². The highest BCUT2D eigenvalue weighted by atomic mass is 79.9. The number of hydrogen-bond acceptors (Lipinski definition) is 2.